The number of carbonyl (C=O) groups is 1. The van der Waals surface area contributed by atoms with Crippen molar-refractivity contribution in [1.82, 2.24) is 9.62 Å². The van der Waals surface area contributed by atoms with E-state index < -0.39 is 10.0 Å². The molecule has 0 atom stereocenters. The van der Waals surface area contributed by atoms with Gasteiger partial charge in [-0.05, 0) is 36.8 Å². The van der Waals surface area contributed by atoms with E-state index >= 15 is 0 Å². The summed E-state index contributed by atoms with van der Waals surface area (Å²) in [5.41, 5.74) is 1.15. The van der Waals surface area contributed by atoms with Crippen molar-refractivity contribution < 1.29 is 17.9 Å². The van der Waals surface area contributed by atoms with E-state index in [2.05, 4.69) is 21.8 Å². The lowest BCUT2D eigenvalue weighted by Crippen LogP contribution is -2.50. The Morgan fingerprint density at radius 2 is 1.80 bits per heavy atom. The van der Waals surface area contributed by atoms with Crippen molar-refractivity contribution in [1.29, 1.82) is 0 Å². The van der Waals surface area contributed by atoms with Crippen molar-refractivity contribution in [2.24, 2.45) is 0 Å². The average molecular weight is 452 g/mol. The van der Waals surface area contributed by atoms with E-state index in [0.717, 1.165) is 18.8 Å². The van der Waals surface area contributed by atoms with Crippen LogP contribution in [0.5, 0.6) is 5.75 Å². The van der Waals surface area contributed by atoms with Gasteiger partial charge in [-0.15, -0.1) is 0 Å². The van der Waals surface area contributed by atoms with Crippen LogP contribution in [0.2, 0.25) is 5.02 Å². The smallest absolute Gasteiger partial charge is 0.260 e. The largest absolute Gasteiger partial charge is 0.482 e. The van der Waals surface area contributed by atoms with Crippen LogP contribution in [0.3, 0.4) is 0 Å². The summed E-state index contributed by atoms with van der Waals surface area (Å²) in [6.45, 7) is 4.83. The molecule has 7 nitrogen and oxygen atoms in total. The molecule has 1 fully saturated rings. The van der Waals surface area contributed by atoms with E-state index in [0.29, 0.717) is 26.1 Å². The predicted octanol–water partition coefficient (Wildman–Crippen LogP) is 2.76. The monoisotopic (exact) mass is 451 g/mol. The van der Waals surface area contributed by atoms with Gasteiger partial charge in [-0.2, -0.15) is 0 Å². The third kappa shape index (κ3) is 5.65. The van der Waals surface area contributed by atoms with Crippen LogP contribution in [0, 0.1) is 0 Å². The maximum Gasteiger partial charge on any atom is 0.260 e. The summed E-state index contributed by atoms with van der Waals surface area (Å²) >= 11 is 6.18. The number of hydrogen-bond acceptors (Lipinski definition) is 5. The minimum absolute atomic E-state index is 0.0664. The first-order valence-corrected chi connectivity index (χ1v) is 11.8. The molecular formula is C21H26ClN3O4S. The number of benzene rings is 2. The molecule has 0 spiro atoms. The highest BCUT2D eigenvalue weighted by atomic mass is 35.5. The fourth-order valence-electron chi connectivity index (χ4n) is 3.17. The molecule has 1 aliphatic heterocycles. The SMILES string of the molecule is CCCNS(=O)(=O)c1ccc(OCC(=O)N2CCN(c3ccccc3)CC2)c(Cl)c1. The van der Waals surface area contributed by atoms with Crippen LogP contribution in [-0.4, -0.2) is 58.6 Å². The van der Waals surface area contributed by atoms with Gasteiger partial charge >= 0.3 is 0 Å². The van der Waals surface area contributed by atoms with Gasteiger partial charge in [-0.1, -0.05) is 36.7 Å². The third-order valence-corrected chi connectivity index (χ3v) is 6.61. The van der Waals surface area contributed by atoms with E-state index in [-0.39, 0.29) is 28.2 Å². The van der Waals surface area contributed by atoms with Gasteiger partial charge in [0.05, 0.1) is 9.92 Å². The summed E-state index contributed by atoms with van der Waals surface area (Å²) in [7, 11) is -3.61. The van der Waals surface area contributed by atoms with Gasteiger partial charge in [-0.25, -0.2) is 13.1 Å². The Balaban J connectivity index is 1.52. The van der Waals surface area contributed by atoms with Crippen molar-refractivity contribution in [3.05, 3.63) is 53.6 Å². The van der Waals surface area contributed by atoms with Crippen molar-refractivity contribution >= 4 is 33.2 Å². The Bertz CT molecular complexity index is 961. The highest BCUT2D eigenvalue weighted by molar-refractivity contribution is 7.89. The van der Waals surface area contributed by atoms with E-state index in [1.165, 1.54) is 18.2 Å². The molecule has 1 aliphatic rings. The number of rotatable bonds is 8. The Morgan fingerprint density at radius 3 is 2.43 bits per heavy atom. The lowest BCUT2D eigenvalue weighted by Gasteiger charge is -2.36. The van der Waals surface area contributed by atoms with Gasteiger partial charge in [0.2, 0.25) is 10.0 Å². The first-order chi connectivity index (χ1) is 14.4. The maximum atomic E-state index is 12.5. The van der Waals surface area contributed by atoms with Gasteiger partial charge in [0.25, 0.3) is 5.91 Å². The van der Waals surface area contributed by atoms with E-state index in [1.54, 1.807) is 4.90 Å². The molecule has 3 rings (SSSR count). The lowest BCUT2D eigenvalue weighted by atomic mass is 10.2. The molecule has 0 saturated carbocycles. The molecule has 1 amide bonds. The molecule has 2 aromatic carbocycles. The number of halogens is 1. The van der Waals surface area contributed by atoms with E-state index in [9.17, 15) is 13.2 Å². The molecule has 1 saturated heterocycles. The Labute approximate surface area is 182 Å². The van der Waals surface area contributed by atoms with Gasteiger partial charge in [0.1, 0.15) is 5.75 Å². The first kappa shape index (κ1) is 22.4. The zero-order valence-electron chi connectivity index (χ0n) is 16.9. The highest BCUT2D eigenvalue weighted by Crippen LogP contribution is 2.27. The van der Waals surface area contributed by atoms with Gasteiger partial charge in [0.15, 0.2) is 6.61 Å². The fraction of sp³-hybridized carbons (Fsp3) is 0.381. The van der Waals surface area contributed by atoms with Crippen LogP contribution >= 0.6 is 11.6 Å². The normalized spacial score (nSPS) is 14.6. The number of piperazine rings is 1. The minimum Gasteiger partial charge on any atom is -0.482 e. The van der Waals surface area contributed by atoms with Gasteiger partial charge in [0, 0.05) is 38.4 Å². The van der Waals surface area contributed by atoms with E-state index in [1.807, 2.05) is 25.1 Å². The van der Waals surface area contributed by atoms with Crippen LogP contribution in [0.15, 0.2) is 53.4 Å². The van der Waals surface area contributed by atoms with Crippen LogP contribution in [-0.2, 0) is 14.8 Å². The second kappa shape index (κ2) is 10.1. The van der Waals surface area contributed by atoms with Crippen molar-refractivity contribution in [2.45, 2.75) is 18.2 Å². The number of ether oxygens (including phenoxy) is 1. The summed E-state index contributed by atoms with van der Waals surface area (Å²) in [6, 6.07) is 14.3. The molecule has 1 N–H and O–H groups in total. The Morgan fingerprint density at radius 1 is 1.10 bits per heavy atom. The highest BCUT2D eigenvalue weighted by Gasteiger charge is 2.22. The molecule has 0 bridgehead atoms. The molecule has 0 radical (unpaired) electrons. The summed E-state index contributed by atoms with van der Waals surface area (Å²) in [4.78, 5) is 16.6. The number of nitrogens with zero attached hydrogens (tertiary/aromatic N) is 2. The molecule has 0 aromatic heterocycles. The average Bonchev–Trinajstić information content (AvgIpc) is 2.77. The first-order valence-electron chi connectivity index (χ1n) is 9.90. The second-order valence-corrected chi connectivity index (χ2v) is 9.16. The maximum absolute atomic E-state index is 12.5. The van der Waals surface area contributed by atoms with Crippen LogP contribution < -0.4 is 14.4 Å². The zero-order chi connectivity index (χ0) is 21.6. The number of nitrogens with one attached hydrogen (secondary N) is 1. The number of amides is 1. The number of anilines is 1. The van der Waals surface area contributed by atoms with Crippen LogP contribution in [0.1, 0.15) is 13.3 Å². The van der Waals surface area contributed by atoms with E-state index in [4.69, 9.17) is 16.3 Å². The Kier molecular flexibility index (Phi) is 7.58. The predicted molar refractivity (Wildman–Crippen MR) is 118 cm³/mol. The van der Waals surface area contributed by atoms with Crippen LogP contribution in [0.4, 0.5) is 5.69 Å². The minimum atomic E-state index is -3.61. The molecule has 0 aliphatic carbocycles. The third-order valence-electron chi connectivity index (χ3n) is 4.86. The molecule has 1 heterocycles. The molecule has 162 valence electrons. The van der Waals surface area contributed by atoms with Gasteiger partial charge < -0.3 is 14.5 Å². The van der Waals surface area contributed by atoms with Crippen molar-refractivity contribution in [2.75, 3.05) is 44.2 Å². The quantitative estimate of drug-likeness (QED) is 0.667. The van der Waals surface area contributed by atoms with Crippen molar-refractivity contribution in [3.63, 3.8) is 0 Å². The molecule has 2 aromatic rings. The molecule has 30 heavy (non-hydrogen) atoms. The summed E-state index contributed by atoms with van der Waals surface area (Å²) in [5.74, 6) is 0.155. The lowest BCUT2D eigenvalue weighted by molar-refractivity contribution is -0.133. The number of carbonyl (C=O) groups excluding carboxylic acids is 1. The second-order valence-electron chi connectivity index (χ2n) is 6.98. The number of para-hydroxylation sites is 1. The summed E-state index contributed by atoms with van der Waals surface area (Å²) in [5, 5.41) is 0.149. The van der Waals surface area contributed by atoms with Crippen LogP contribution in [0.25, 0.3) is 0 Å². The summed E-state index contributed by atoms with van der Waals surface area (Å²) in [6.07, 6.45) is 0.690. The van der Waals surface area contributed by atoms with Gasteiger partial charge in [-0.3, -0.25) is 4.79 Å². The number of hydrogen-bond donors (Lipinski definition) is 1. The van der Waals surface area contributed by atoms with Crippen molar-refractivity contribution in [3.8, 4) is 5.75 Å². The molecule has 9 heteroatoms. The standard InChI is InChI=1S/C21H26ClN3O4S/c1-2-10-23-30(27,28)18-8-9-20(19(22)15-18)29-16-21(26)25-13-11-24(12-14-25)17-6-4-3-5-7-17/h3-9,15,23H,2,10-14,16H2,1H3. The molecular weight excluding hydrogens is 426 g/mol. The Hall–Kier alpha value is -2.29. The topological polar surface area (TPSA) is 78.9 Å². The number of sulfonamides is 1. The molecule has 0 unspecified atom stereocenters. The fourth-order valence-corrected chi connectivity index (χ4v) is 4.63. The summed E-state index contributed by atoms with van der Waals surface area (Å²) < 4.78 is 32.4. The zero-order valence-corrected chi connectivity index (χ0v) is 18.5.